The zero-order chi connectivity index (χ0) is 29.0. The zero-order valence-electron chi connectivity index (χ0n) is 22.1. The number of rotatable bonds is 9. The van der Waals surface area contributed by atoms with Gasteiger partial charge >= 0.3 is 6.09 Å². The topological polar surface area (TPSA) is 119 Å². The predicted molar refractivity (Wildman–Crippen MR) is 154 cm³/mol. The molecule has 0 radical (unpaired) electrons. The average molecular weight is 593 g/mol. The number of nitrogens with one attached hydrogen (secondary N) is 1. The van der Waals surface area contributed by atoms with Gasteiger partial charge < -0.3 is 15.8 Å². The van der Waals surface area contributed by atoms with Crippen molar-refractivity contribution in [2.75, 3.05) is 10.6 Å². The van der Waals surface area contributed by atoms with Gasteiger partial charge in [-0.1, -0.05) is 71.7 Å². The first-order valence-corrected chi connectivity index (χ1v) is 14.6. The van der Waals surface area contributed by atoms with Crippen molar-refractivity contribution < 1.29 is 22.7 Å². The molecular weight excluding hydrogens is 561 g/mol. The maximum atomic E-state index is 12.6. The van der Waals surface area contributed by atoms with Crippen LogP contribution >= 0.6 is 23.2 Å². The Labute approximate surface area is 239 Å². The van der Waals surface area contributed by atoms with E-state index in [9.17, 15) is 18.0 Å². The molecule has 1 unspecified atom stereocenters. The molecule has 3 aromatic rings. The molecule has 208 valence electrons. The van der Waals surface area contributed by atoms with Crippen LogP contribution in [0.2, 0.25) is 10.0 Å². The number of sulfonamides is 1. The van der Waals surface area contributed by atoms with Gasteiger partial charge in [-0.15, -0.1) is 0 Å². The molecule has 0 saturated heterocycles. The Balaban J connectivity index is 1.80. The molecule has 0 spiro atoms. The highest BCUT2D eigenvalue weighted by molar-refractivity contribution is 7.92. The molecule has 0 saturated carbocycles. The van der Waals surface area contributed by atoms with Gasteiger partial charge in [0.25, 0.3) is 0 Å². The maximum Gasteiger partial charge on any atom is 0.407 e. The quantitative estimate of drug-likeness (QED) is 0.335. The monoisotopic (exact) mass is 591 g/mol. The summed E-state index contributed by atoms with van der Waals surface area (Å²) < 4.78 is 31.7. The van der Waals surface area contributed by atoms with E-state index in [1.54, 1.807) is 87.5 Å². The Hall–Kier alpha value is -3.27. The lowest BCUT2D eigenvalue weighted by Gasteiger charge is -2.24. The summed E-state index contributed by atoms with van der Waals surface area (Å²) in [7, 11) is -3.67. The molecule has 0 aliphatic rings. The molecule has 8 nitrogen and oxygen atoms in total. The molecule has 0 heterocycles. The minimum atomic E-state index is -3.67. The van der Waals surface area contributed by atoms with Gasteiger partial charge in [0.1, 0.15) is 5.60 Å². The molecule has 3 aromatic carbocycles. The number of ether oxygens (including phenoxy) is 1. The lowest BCUT2D eigenvalue weighted by atomic mass is 9.90. The number of nitrogens with two attached hydrogens (primary N) is 1. The van der Waals surface area contributed by atoms with Crippen molar-refractivity contribution in [2.24, 2.45) is 5.73 Å². The standard InChI is InChI=1S/C28H31Cl2N3O5S/c1-28(2,3)38-27(35)32-16-18-8-10-19(11-9-18)24(26(31)34)20-12-14-22(15-13-20)33(39(4,36)37)17-21-6-5-7-23(29)25(21)30/h5-15,24H,16-17H2,1-4H3,(H2,31,34)(H,32,35). The molecule has 0 aliphatic heterocycles. The number of alkyl carbamates (subject to hydrolysis) is 1. The number of amides is 2. The summed E-state index contributed by atoms with van der Waals surface area (Å²) in [6.07, 6.45) is 0.576. The van der Waals surface area contributed by atoms with E-state index in [0.29, 0.717) is 27.4 Å². The summed E-state index contributed by atoms with van der Waals surface area (Å²) in [5, 5.41) is 3.30. The van der Waals surface area contributed by atoms with Crippen molar-refractivity contribution >= 4 is 50.9 Å². The van der Waals surface area contributed by atoms with E-state index >= 15 is 0 Å². The van der Waals surface area contributed by atoms with Gasteiger partial charge in [0.2, 0.25) is 15.9 Å². The normalized spacial score (nSPS) is 12.5. The third-order valence-electron chi connectivity index (χ3n) is 5.69. The molecular formula is C28H31Cl2N3O5S. The van der Waals surface area contributed by atoms with E-state index in [-0.39, 0.29) is 18.1 Å². The van der Waals surface area contributed by atoms with Gasteiger partial charge in [-0.05, 0) is 61.2 Å². The number of hydrogen-bond acceptors (Lipinski definition) is 5. The highest BCUT2D eigenvalue weighted by Crippen LogP contribution is 2.31. The van der Waals surface area contributed by atoms with Crippen LogP contribution in [0.5, 0.6) is 0 Å². The summed E-state index contributed by atoms with van der Waals surface area (Å²) in [6, 6.07) is 18.7. The van der Waals surface area contributed by atoms with E-state index in [0.717, 1.165) is 11.8 Å². The van der Waals surface area contributed by atoms with E-state index in [4.69, 9.17) is 33.7 Å². The number of nitrogens with zero attached hydrogens (tertiary/aromatic N) is 1. The Kier molecular flexibility index (Phi) is 9.53. The first kappa shape index (κ1) is 30.3. The van der Waals surface area contributed by atoms with Crippen molar-refractivity contribution in [3.8, 4) is 0 Å². The molecule has 39 heavy (non-hydrogen) atoms. The van der Waals surface area contributed by atoms with Gasteiger partial charge in [0.05, 0.1) is 34.5 Å². The number of hydrogen-bond donors (Lipinski definition) is 2. The third kappa shape index (κ3) is 8.36. The number of halogens is 2. The minimum Gasteiger partial charge on any atom is -0.444 e. The van der Waals surface area contributed by atoms with Crippen LogP contribution < -0.4 is 15.4 Å². The third-order valence-corrected chi connectivity index (χ3v) is 7.69. The number of primary amides is 1. The van der Waals surface area contributed by atoms with Crippen LogP contribution in [0.4, 0.5) is 10.5 Å². The summed E-state index contributed by atoms with van der Waals surface area (Å²) in [5.41, 5.74) is 8.16. The number of carbonyl (C=O) groups is 2. The molecule has 0 aliphatic carbocycles. The fourth-order valence-electron chi connectivity index (χ4n) is 3.90. The van der Waals surface area contributed by atoms with Gasteiger partial charge in [-0.2, -0.15) is 0 Å². The van der Waals surface area contributed by atoms with Crippen LogP contribution in [0.3, 0.4) is 0 Å². The molecule has 0 fully saturated rings. The van der Waals surface area contributed by atoms with Gasteiger partial charge in [-0.25, -0.2) is 13.2 Å². The van der Waals surface area contributed by atoms with Crippen LogP contribution in [0, 0.1) is 0 Å². The lowest BCUT2D eigenvalue weighted by molar-refractivity contribution is -0.118. The Morgan fingerprint density at radius 2 is 1.54 bits per heavy atom. The minimum absolute atomic E-state index is 0.0182. The highest BCUT2D eigenvalue weighted by atomic mass is 35.5. The fraction of sp³-hybridized carbons (Fsp3) is 0.286. The average Bonchev–Trinajstić information content (AvgIpc) is 2.83. The van der Waals surface area contributed by atoms with Crippen LogP contribution in [-0.2, 0) is 32.6 Å². The zero-order valence-corrected chi connectivity index (χ0v) is 24.4. The van der Waals surface area contributed by atoms with Gasteiger partial charge in [-0.3, -0.25) is 9.10 Å². The largest absolute Gasteiger partial charge is 0.444 e. The highest BCUT2D eigenvalue weighted by Gasteiger charge is 2.23. The second-order valence-electron chi connectivity index (χ2n) is 10.0. The van der Waals surface area contributed by atoms with Crippen molar-refractivity contribution in [2.45, 2.75) is 45.4 Å². The lowest BCUT2D eigenvalue weighted by Crippen LogP contribution is -2.32. The molecule has 3 N–H and O–H groups in total. The number of benzene rings is 3. The van der Waals surface area contributed by atoms with Gasteiger partial charge in [0.15, 0.2) is 0 Å². The van der Waals surface area contributed by atoms with Crippen molar-refractivity contribution in [1.82, 2.24) is 5.32 Å². The first-order chi connectivity index (χ1) is 18.2. The molecule has 1 atom stereocenters. The summed E-state index contributed by atoms with van der Waals surface area (Å²) in [4.78, 5) is 24.3. The Morgan fingerprint density at radius 3 is 2.05 bits per heavy atom. The van der Waals surface area contributed by atoms with Crippen LogP contribution in [0.1, 0.15) is 48.9 Å². The molecule has 0 bridgehead atoms. The summed E-state index contributed by atoms with van der Waals surface area (Å²) >= 11 is 12.4. The number of carbonyl (C=O) groups excluding carboxylic acids is 2. The van der Waals surface area contributed by atoms with E-state index in [1.807, 2.05) is 0 Å². The smallest absolute Gasteiger partial charge is 0.407 e. The number of anilines is 1. The molecule has 2 amide bonds. The van der Waals surface area contributed by atoms with E-state index < -0.39 is 33.5 Å². The molecule has 11 heteroatoms. The second-order valence-corrected chi connectivity index (χ2v) is 12.7. The van der Waals surface area contributed by atoms with Crippen molar-refractivity contribution in [1.29, 1.82) is 0 Å². The first-order valence-electron chi connectivity index (χ1n) is 12.0. The van der Waals surface area contributed by atoms with E-state index in [2.05, 4.69) is 5.32 Å². The maximum absolute atomic E-state index is 12.6. The van der Waals surface area contributed by atoms with Crippen molar-refractivity contribution in [3.63, 3.8) is 0 Å². The molecule has 0 aromatic heterocycles. The summed E-state index contributed by atoms with van der Waals surface area (Å²) in [6.45, 7) is 5.58. The predicted octanol–water partition coefficient (Wildman–Crippen LogP) is 5.60. The SMILES string of the molecule is CC(C)(C)OC(=O)NCc1ccc(C(C(N)=O)c2ccc(N(Cc3cccc(Cl)c3Cl)S(C)(=O)=O)cc2)cc1. The van der Waals surface area contributed by atoms with Crippen LogP contribution in [-0.4, -0.2) is 32.3 Å². The van der Waals surface area contributed by atoms with Crippen LogP contribution in [0.25, 0.3) is 0 Å². The van der Waals surface area contributed by atoms with Crippen molar-refractivity contribution in [3.05, 3.63) is 99.0 Å². The second kappa shape index (κ2) is 12.3. The Bertz CT molecular complexity index is 1440. The Morgan fingerprint density at radius 1 is 0.974 bits per heavy atom. The molecule has 3 rings (SSSR count). The summed E-state index contributed by atoms with van der Waals surface area (Å²) in [5.74, 6) is -1.32. The van der Waals surface area contributed by atoms with Crippen LogP contribution in [0.15, 0.2) is 66.7 Å². The van der Waals surface area contributed by atoms with E-state index in [1.165, 1.54) is 4.31 Å². The van der Waals surface area contributed by atoms with Gasteiger partial charge in [0, 0.05) is 6.54 Å². The fourth-order valence-corrected chi connectivity index (χ4v) is 5.15.